The summed E-state index contributed by atoms with van der Waals surface area (Å²) in [6.07, 6.45) is 1.82. The number of nitrogens with one attached hydrogen (secondary N) is 2. The van der Waals surface area contributed by atoms with E-state index in [0.29, 0.717) is 0 Å². The first-order valence-corrected chi connectivity index (χ1v) is 4.32. The predicted octanol–water partition coefficient (Wildman–Crippen LogP) is 2.17. The van der Waals surface area contributed by atoms with Crippen LogP contribution in [0.3, 0.4) is 0 Å². The summed E-state index contributed by atoms with van der Waals surface area (Å²) in [5.41, 5.74) is 1.95. The van der Waals surface area contributed by atoms with Gasteiger partial charge in [0.25, 0.3) is 0 Å². The molecule has 4 nitrogen and oxygen atoms in total. The fourth-order valence-electron chi connectivity index (χ4n) is 1.16. The van der Waals surface area contributed by atoms with E-state index in [2.05, 4.69) is 15.5 Å². The van der Waals surface area contributed by atoms with E-state index in [4.69, 9.17) is 5.11 Å². The highest BCUT2D eigenvalue weighted by Gasteiger charge is 2.00. The van der Waals surface area contributed by atoms with Crippen molar-refractivity contribution in [1.82, 2.24) is 10.2 Å². The van der Waals surface area contributed by atoms with E-state index < -0.39 is 0 Å². The van der Waals surface area contributed by atoms with Gasteiger partial charge in [0.05, 0.1) is 0 Å². The smallest absolute Gasteiger partial charge is 0.155 e. The van der Waals surface area contributed by atoms with Gasteiger partial charge in [-0.2, -0.15) is 5.10 Å². The van der Waals surface area contributed by atoms with Crippen molar-refractivity contribution >= 4 is 11.5 Å². The van der Waals surface area contributed by atoms with Crippen LogP contribution in [-0.2, 0) is 0 Å². The first-order chi connectivity index (χ1) is 6.75. The minimum Gasteiger partial charge on any atom is -0.508 e. The van der Waals surface area contributed by atoms with Gasteiger partial charge in [0.15, 0.2) is 5.82 Å². The summed E-state index contributed by atoms with van der Waals surface area (Å²) >= 11 is 0. The zero-order valence-electron chi connectivity index (χ0n) is 7.78. The molecule has 14 heavy (non-hydrogen) atoms. The third-order valence-electron chi connectivity index (χ3n) is 1.96. The molecule has 0 radical (unpaired) electrons. The van der Waals surface area contributed by atoms with Crippen molar-refractivity contribution in [3.63, 3.8) is 0 Å². The first-order valence-electron chi connectivity index (χ1n) is 4.32. The number of aromatic nitrogens is 2. The lowest BCUT2D eigenvalue weighted by Gasteiger charge is -2.03. The number of aryl methyl sites for hydroxylation is 1. The highest BCUT2D eigenvalue weighted by atomic mass is 16.3. The second-order valence-electron chi connectivity index (χ2n) is 3.09. The number of H-pyrrole nitrogens is 1. The second kappa shape index (κ2) is 3.41. The number of anilines is 2. The van der Waals surface area contributed by atoms with Gasteiger partial charge in [-0.3, -0.25) is 5.10 Å². The third kappa shape index (κ3) is 1.69. The van der Waals surface area contributed by atoms with Gasteiger partial charge in [-0.15, -0.1) is 0 Å². The molecule has 0 amide bonds. The summed E-state index contributed by atoms with van der Waals surface area (Å²) in [7, 11) is 0. The van der Waals surface area contributed by atoms with Gasteiger partial charge in [-0.25, -0.2) is 0 Å². The van der Waals surface area contributed by atoms with Crippen LogP contribution in [-0.4, -0.2) is 15.3 Å². The highest BCUT2D eigenvalue weighted by molar-refractivity contribution is 5.59. The molecular weight excluding hydrogens is 178 g/mol. The Labute approximate surface area is 81.6 Å². The van der Waals surface area contributed by atoms with E-state index in [1.165, 1.54) is 0 Å². The molecule has 0 saturated heterocycles. The Bertz CT molecular complexity index is 419. The van der Waals surface area contributed by atoms with E-state index in [1.807, 2.05) is 13.1 Å². The van der Waals surface area contributed by atoms with Crippen molar-refractivity contribution in [2.75, 3.05) is 5.32 Å². The average Bonchev–Trinajstić information content (AvgIpc) is 2.56. The normalized spacial score (nSPS) is 10.1. The number of hydrogen-bond acceptors (Lipinski definition) is 3. The maximum atomic E-state index is 9.09. The zero-order valence-corrected chi connectivity index (χ0v) is 7.78. The fourth-order valence-corrected chi connectivity index (χ4v) is 1.16. The Morgan fingerprint density at radius 1 is 1.29 bits per heavy atom. The molecule has 72 valence electrons. The SMILES string of the molecule is Cc1c[nH]nc1Nc1ccc(O)cc1. The molecule has 0 fully saturated rings. The van der Waals surface area contributed by atoms with Crippen LogP contribution >= 0.6 is 0 Å². The largest absolute Gasteiger partial charge is 0.508 e. The van der Waals surface area contributed by atoms with E-state index in [0.717, 1.165) is 17.1 Å². The number of benzene rings is 1. The molecule has 0 aliphatic carbocycles. The molecule has 1 aromatic carbocycles. The summed E-state index contributed by atoms with van der Waals surface area (Å²) in [5.74, 6) is 1.06. The van der Waals surface area contributed by atoms with Crippen molar-refractivity contribution in [3.8, 4) is 5.75 Å². The molecular formula is C10H11N3O. The number of nitrogens with zero attached hydrogens (tertiary/aromatic N) is 1. The summed E-state index contributed by atoms with van der Waals surface area (Å²) in [6, 6.07) is 6.85. The number of rotatable bonds is 2. The van der Waals surface area contributed by atoms with Gasteiger partial charge in [0.1, 0.15) is 5.75 Å². The molecule has 0 atom stereocenters. The molecule has 4 heteroatoms. The van der Waals surface area contributed by atoms with Crippen molar-refractivity contribution in [2.45, 2.75) is 6.92 Å². The van der Waals surface area contributed by atoms with Crippen molar-refractivity contribution < 1.29 is 5.11 Å². The van der Waals surface area contributed by atoms with Gasteiger partial charge in [-0.05, 0) is 31.2 Å². The molecule has 2 rings (SSSR count). The Morgan fingerprint density at radius 3 is 2.57 bits per heavy atom. The van der Waals surface area contributed by atoms with E-state index in [1.54, 1.807) is 24.3 Å². The second-order valence-corrected chi connectivity index (χ2v) is 3.09. The Balaban J connectivity index is 2.19. The fraction of sp³-hybridized carbons (Fsp3) is 0.100. The standard InChI is InChI=1S/C10H11N3O/c1-7-6-11-13-10(7)12-8-2-4-9(14)5-3-8/h2-6,14H,1H3,(H2,11,12,13). The maximum absolute atomic E-state index is 9.09. The van der Waals surface area contributed by atoms with Crippen LogP contribution in [0.25, 0.3) is 0 Å². The van der Waals surface area contributed by atoms with Crippen molar-refractivity contribution in [3.05, 3.63) is 36.0 Å². The number of hydrogen-bond donors (Lipinski definition) is 3. The van der Waals surface area contributed by atoms with Crippen LogP contribution in [0.4, 0.5) is 11.5 Å². The minimum absolute atomic E-state index is 0.259. The minimum atomic E-state index is 0.259. The highest BCUT2D eigenvalue weighted by Crippen LogP contribution is 2.19. The van der Waals surface area contributed by atoms with Gasteiger partial charge < -0.3 is 10.4 Å². The molecule has 1 heterocycles. The molecule has 0 unspecified atom stereocenters. The predicted molar refractivity (Wildman–Crippen MR) is 54.7 cm³/mol. The van der Waals surface area contributed by atoms with Gasteiger partial charge in [0.2, 0.25) is 0 Å². The number of phenolic OH excluding ortho intramolecular Hbond substituents is 1. The molecule has 0 bridgehead atoms. The lowest BCUT2D eigenvalue weighted by molar-refractivity contribution is 0.475. The van der Waals surface area contributed by atoms with Crippen LogP contribution in [0.15, 0.2) is 30.5 Å². The van der Waals surface area contributed by atoms with E-state index in [-0.39, 0.29) is 5.75 Å². The monoisotopic (exact) mass is 189 g/mol. The van der Waals surface area contributed by atoms with E-state index >= 15 is 0 Å². The first kappa shape index (κ1) is 8.62. The number of aromatic hydroxyl groups is 1. The lowest BCUT2D eigenvalue weighted by atomic mass is 10.3. The Kier molecular flexibility index (Phi) is 2.10. The molecule has 0 aliphatic rings. The van der Waals surface area contributed by atoms with Crippen LogP contribution in [0.5, 0.6) is 5.75 Å². The van der Waals surface area contributed by atoms with Crippen LogP contribution in [0.2, 0.25) is 0 Å². The lowest BCUT2D eigenvalue weighted by Crippen LogP contribution is -1.91. The maximum Gasteiger partial charge on any atom is 0.155 e. The summed E-state index contributed by atoms with van der Waals surface area (Å²) in [5, 5.41) is 19.0. The van der Waals surface area contributed by atoms with Crippen molar-refractivity contribution in [2.24, 2.45) is 0 Å². The molecule has 0 spiro atoms. The van der Waals surface area contributed by atoms with Crippen molar-refractivity contribution in [1.29, 1.82) is 0 Å². The topological polar surface area (TPSA) is 60.9 Å². The van der Waals surface area contributed by atoms with Gasteiger partial charge in [-0.1, -0.05) is 0 Å². The molecule has 0 aliphatic heterocycles. The quantitative estimate of drug-likeness (QED) is 0.634. The summed E-state index contributed by atoms with van der Waals surface area (Å²) in [6.45, 7) is 1.96. The summed E-state index contributed by atoms with van der Waals surface area (Å²) < 4.78 is 0. The Hall–Kier alpha value is -1.97. The van der Waals surface area contributed by atoms with E-state index in [9.17, 15) is 0 Å². The average molecular weight is 189 g/mol. The molecule has 0 saturated carbocycles. The van der Waals surface area contributed by atoms with Crippen LogP contribution < -0.4 is 5.32 Å². The number of aromatic amines is 1. The van der Waals surface area contributed by atoms with Crippen LogP contribution in [0.1, 0.15) is 5.56 Å². The summed E-state index contributed by atoms with van der Waals surface area (Å²) in [4.78, 5) is 0. The molecule has 2 aromatic rings. The zero-order chi connectivity index (χ0) is 9.97. The van der Waals surface area contributed by atoms with Gasteiger partial charge >= 0.3 is 0 Å². The molecule has 1 aromatic heterocycles. The third-order valence-corrected chi connectivity index (χ3v) is 1.96. The number of phenols is 1. The molecule has 3 N–H and O–H groups in total. The Morgan fingerprint density at radius 2 is 2.00 bits per heavy atom. The van der Waals surface area contributed by atoms with Gasteiger partial charge in [0, 0.05) is 17.4 Å². The van der Waals surface area contributed by atoms with Crippen LogP contribution in [0, 0.1) is 6.92 Å².